The number of rotatable bonds is 5. The van der Waals surface area contributed by atoms with Gasteiger partial charge in [0.05, 0.1) is 5.56 Å². The van der Waals surface area contributed by atoms with Gasteiger partial charge in [-0.15, -0.1) is 0 Å². The summed E-state index contributed by atoms with van der Waals surface area (Å²) in [5.74, 6) is 0. The van der Waals surface area contributed by atoms with Crippen LogP contribution in [0.15, 0.2) is 67.8 Å². The Kier molecular flexibility index (Phi) is 5.71. The Bertz CT molecular complexity index is 1140. The van der Waals surface area contributed by atoms with Gasteiger partial charge in [-0.3, -0.25) is 0 Å². The summed E-state index contributed by atoms with van der Waals surface area (Å²) in [6.07, 6.45) is 0. The van der Waals surface area contributed by atoms with E-state index < -0.39 is 0 Å². The number of nitriles is 1. The van der Waals surface area contributed by atoms with E-state index in [0.29, 0.717) is 11.3 Å². The van der Waals surface area contributed by atoms with Crippen molar-refractivity contribution < 1.29 is 0 Å². The third-order valence-electron chi connectivity index (χ3n) is 5.17. The Morgan fingerprint density at radius 1 is 0.793 bits per heavy atom. The van der Waals surface area contributed by atoms with Gasteiger partial charge < -0.3 is 5.32 Å². The fourth-order valence-electron chi connectivity index (χ4n) is 3.53. The van der Waals surface area contributed by atoms with Gasteiger partial charge >= 0.3 is 0 Å². The molecule has 0 aliphatic carbocycles. The van der Waals surface area contributed by atoms with Crippen LogP contribution in [-0.2, 0) is 0 Å². The SMILES string of the molecule is C=C(c1ccc(C)cc1)c1cc(NC(=C)c2cc(C)cc(C)c2C#N)ccc1C. The minimum atomic E-state index is 0.657. The first-order chi connectivity index (χ1) is 13.8. The number of aryl methyl sites for hydroxylation is 4. The highest BCUT2D eigenvalue weighted by Gasteiger charge is 2.12. The second-order valence-electron chi connectivity index (χ2n) is 7.59. The molecule has 29 heavy (non-hydrogen) atoms. The summed E-state index contributed by atoms with van der Waals surface area (Å²) < 4.78 is 0. The molecule has 0 spiro atoms. The van der Waals surface area contributed by atoms with Crippen LogP contribution in [0.3, 0.4) is 0 Å². The third kappa shape index (κ3) is 4.31. The Morgan fingerprint density at radius 2 is 1.48 bits per heavy atom. The zero-order chi connectivity index (χ0) is 21.1. The second kappa shape index (κ2) is 8.20. The van der Waals surface area contributed by atoms with Gasteiger partial charge in [-0.25, -0.2) is 0 Å². The van der Waals surface area contributed by atoms with E-state index in [1.165, 1.54) is 5.56 Å². The Morgan fingerprint density at radius 3 is 2.14 bits per heavy atom. The first kappa shape index (κ1) is 20.2. The zero-order valence-corrected chi connectivity index (χ0v) is 17.6. The normalized spacial score (nSPS) is 10.3. The lowest BCUT2D eigenvalue weighted by molar-refractivity contribution is 1.32. The predicted molar refractivity (Wildman–Crippen MR) is 124 cm³/mol. The van der Waals surface area contributed by atoms with Crippen molar-refractivity contribution in [1.82, 2.24) is 0 Å². The van der Waals surface area contributed by atoms with Crippen molar-refractivity contribution >= 4 is 17.0 Å². The summed E-state index contributed by atoms with van der Waals surface area (Å²) in [5.41, 5.74) is 10.8. The minimum Gasteiger partial charge on any atom is -0.355 e. The molecule has 144 valence electrons. The number of hydrogen-bond donors (Lipinski definition) is 1. The molecule has 3 rings (SSSR count). The zero-order valence-electron chi connectivity index (χ0n) is 17.6. The average molecular weight is 379 g/mol. The van der Waals surface area contributed by atoms with Crippen LogP contribution in [0.4, 0.5) is 5.69 Å². The van der Waals surface area contributed by atoms with E-state index in [0.717, 1.165) is 44.6 Å². The molecule has 0 radical (unpaired) electrons. The number of anilines is 1. The van der Waals surface area contributed by atoms with Gasteiger partial charge in [0, 0.05) is 16.9 Å². The van der Waals surface area contributed by atoms with Crippen molar-refractivity contribution in [3.05, 3.63) is 112 Å². The number of hydrogen-bond acceptors (Lipinski definition) is 2. The summed E-state index contributed by atoms with van der Waals surface area (Å²) in [6, 6.07) is 20.9. The van der Waals surface area contributed by atoms with E-state index in [9.17, 15) is 5.26 Å². The van der Waals surface area contributed by atoms with Crippen molar-refractivity contribution in [1.29, 1.82) is 5.26 Å². The quantitative estimate of drug-likeness (QED) is 0.522. The maximum Gasteiger partial charge on any atom is 0.100 e. The van der Waals surface area contributed by atoms with Gasteiger partial charge in [0.25, 0.3) is 0 Å². The van der Waals surface area contributed by atoms with E-state index in [4.69, 9.17) is 0 Å². The number of nitrogens with zero attached hydrogens (tertiary/aromatic N) is 1. The Labute approximate surface area is 173 Å². The van der Waals surface area contributed by atoms with E-state index in [1.54, 1.807) is 0 Å². The van der Waals surface area contributed by atoms with Crippen LogP contribution in [-0.4, -0.2) is 0 Å². The molecule has 2 nitrogen and oxygen atoms in total. The van der Waals surface area contributed by atoms with Crippen LogP contribution in [0, 0.1) is 39.0 Å². The van der Waals surface area contributed by atoms with Crippen molar-refractivity contribution in [2.75, 3.05) is 5.32 Å². The maximum absolute atomic E-state index is 9.57. The van der Waals surface area contributed by atoms with Crippen LogP contribution < -0.4 is 5.32 Å². The Hall–Kier alpha value is -3.57. The molecule has 0 aliphatic rings. The largest absolute Gasteiger partial charge is 0.355 e. The summed E-state index contributed by atoms with van der Waals surface area (Å²) in [7, 11) is 0. The summed E-state index contributed by atoms with van der Waals surface area (Å²) in [4.78, 5) is 0. The first-order valence-corrected chi connectivity index (χ1v) is 9.64. The lowest BCUT2D eigenvalue weighted by Crippen LogP contribution is -2.03. The van der Waals surface area contributed by atoms with Gasteiger partial charge in [0.2, 0.25) is 0 Å². The molecule has 1 N–H and O–H groups in total. The molecule has 0 fully saturated rings. The van der Waals surface area contributed by atoms with Crippen molar-refractivity contribution in [2.24, 2.45) is 0 Å². The highest BCUT2D eigenvalue weighted by molar-refractivity contribution is 5.84. The molecular weight excluding hydrogens is 352 g/mol. The monoisotopic (exact) mass is 378 g/mol. The first-order valence-electron chi connectivity index (χ1n) is 9.64. The molecule has 0 unspecified atom stereocenters. The molecule has 0 aromatic heterocycles. The molecule has 0 aliphatic heterocycles. The standard InChI is InChI=1S/C27H26N2/c1-17-7-10-23(11-8-17)21(5)25-15-24(12-9-19(25)3)29-22(6)26-14-18(2)13-20(4)27(26)16-28/h7-15,29H,5-6H2,1-4H3. The van der Waals surface area contributed by atoms with Crippen molar-refractivity contribution in [3.63, 3.8) is 0 Å². The van der Waals surface area contributed by atoms with E-state index in [-0.39, 0.29) is 0 Å². The summed E-state index contributed by atoms with van der Waals surface area (Å²) in [6.45, 7) is 16.7. The lowest BCUT2D eigenvalue weighted by atomic mass is 9.94. The summed E-state index contributed by atoms with van der Waals surface area (Å²) >= 11 is 0. The van der Waals surface area contributed by atoms with E-state index in [1.807, 2.05) is 32.0 Å². The second-order valence-corrected chi connectivity index (χ2v) is 7.59. The molecule has 0 bridgehead atoms. The molecule has 0 atom stereocenters. The highest BCUT2D eigenvalue weighted by atomic mass is 14.9. The average Bonchev–Trinajstić information content (AvgIpc) is 2.69. The lowest BCUT2D eigenvalue weighted by Gasteiger charge is -2.16. The smallest absolute Gasteiger partial charge is 0.100 e. The van der Waals surface area contributed by atoms with Gasteiger partial charge in [-0.1, -0.05) is 60.7 Å². The van der Waals surface area contributed by atoms with Crippen LogP contribution in [0.5, 0.6) is 0 Å². The molecule has 2 heteroatoms. The minimum absolute atomic E-state index is 0.657. The van der Waals surface area contributed by atoms with Gasteiger partial charge in [0.1, 0.15) is 6.07 Å². The fraction of sp³-hybridized carbons (Fsp3) is 0.148. The maximum atomic E-state index is 9.57. The van der Waals surface area contributed by atoms with Crippen LogP contribution in [0.1, 0.15) is 44.5 Å². The van der Waals surface area contributed by atoms with Gasteiger partial charge in [0.15, 0.2) is 0 Å². The third-order valence-corrected chi connectivity index (χ3v) is 5.17. The topological polar surface area (TPSA) is 35.8 Å². The fourth-order valence-corrected chi connectivity index (χ4v) is 3.53. The predicted octanol–water partition coefficient (Wildman–Crippen LogP) is 6.94. The molecule has 0 saturated carbocycles. The Balaban J connectivity index is 1.93. The van der Waals surface area contributed by atoms with Crippen LogP contribution in [0.25, 0.3) is 11.3 Å². The van der Waals surface area contributed by atoms with Crippen molar-refractivity contribution in [3.8, 4) is 6.07 Å². The molecule has 3 aromatic carbocycles. The number of benzene rings is 3. The summed E-state index contributed by atoms with van der Waals surface area (Å²) in [5, 5.41) is 13.0. The van der Waals surface area contributed by atoms with Crippen LogP contribution in [0.2, 0.25) is 0 Å². The van der Waals surface area contributed by atoms with Gasteiger partial charge in [-0.2, -0.15) is 5.26 Å². The highest BCUT2D eigenvalue weighted by Crippen LogP contribution is 2.29. The number of nitrogens with one attached hydrogen (secondary N) is 1. The van der Waals surface area contributed by atoms with Crippen molar-refractivity contribution in [2.45, 2.75) is 27.7 Å². The van der Waals surface area contributed by atoms with E-state index >= 15 is 0 Å². The molecule has 0 heterocycles. The molecule has 0 amide bonds. The molecule has 0 saturated heterocycles. The molecule has 3 aromatic rings. The van der Waals surface area contributed by atoms with Crippen LogP contribution >= 0.6 is 0 Å². The van der Waals surface area contributed by atoms with E-state index in [2.05, 4.69) is 74.8 Å². The van der Waals surface area contributed by atoms with Gasteiger partial charge in [-0.05, 0) is 73.7 Å². The molecular formula is C27H26N2.